The first-order valence-corrected chi connectivity index (χ1v) is 6.44. The van der Waals surface area contributed by atoms with Crippen molar-refractivity contribution in [1.29, 1.82) is 0 Å². The summed E-state index contributed by atoms with van der Waals surface area (Å²) in [6, 6.07) is 0.0264. The monoisotopic (exact) mass is 249 g/mol. The Balaban J connectivity index is 2.18. The molecule has 2 atom stereocenters. The second kappa shape index (κ2) is 3.98. The molecule has 0 radical (unpaired) electrons. The van der Waals surface area contributed by atoms with Crippen molar-refractivity contribution < 1.29 is 5.11 Å². The van der Waals surface area contributed by atoms with Crippen molar-refractivity contribution >= 4 is 17.1 Å². The van der Waals surface area contributed by atoms with Crippen LogP contribution in [-0.4, -0.2) is 30.5 Å². The van der Waals surface area contributed by atoms with Gasteiger partial charge in [0.15, 0.2) is 5.65 Å². The van der Waals surface area contributed by atoms with Crippen LogP contribution in [0.5, 0.6) is 0 Å². The first-order valence-electron chi connectivity index (χ1n) is 6.44. The number of imidazole rings is 1. The van der Waals surface area contributed by atoms with Crippen molar-refractivity contribution in [1.82, 2.24) is 19.3 Å². The molecule has 1 aliphatic rings. The molecular formula is C12H19N5O. The van der Waals surface area contributed by atoms with Gasteiger partial charge in [0.05, 0.1) is 17.8 Å². The van der Waals surface area contributed by atoms with Gasteiger partial charge < -0.3 is 10.8 Å². The first-order chi connectivity index (χ1) is 8.59. The van der Waals surface area contributed by atoms with Gasteiger partial charge in [0.25, 0.3) is 0 Å². The van der Waals surface area contributed by atoms with E-state index in [-0.39, 0.29) is 12.1 Å². The molecule has 2 aromatic heterocycles. The summed E-state index contributed by atoms with van der Waals surface area (Å²) < 4.78 is 3.76. The van der Waals surface area contributed by atoms with E-state index in [9.17, 15) is 5.11 Å². The Morgan fingerprint density at radius 2 is 2.06 bits per heavy atom. The van der Waals surface area contributed by atoms with Crippen LogP contribution >= 0.6 is 0 Å². The normalized spacial score (nSPS) is 24.8. The van der Waals surface area contributed by atoms with E-state index in [1.165, 1.54) is 0 Å². The molecule has 6 nitrogen and oxygen atoms in total. The summed E-state index contributed by atoms with van der Waals surface area (Å²) >= 11 is 0. The molecule has 0 amide bonds. The number of anilines is 1. The average Bonchev–Trinajstić information content (AvgIpc) is 2.79. The predicted molar refractivity (Wildman–Crippen MR) is 69.2 cm³/mol. The van der Waals surface area contributed by atoms with E-state index >= 15 is 0 Å². The van der Waals surface area contributed by atoms with Gasteiger partial charge in [-0.3, -0.25) is 9.25 Å². The Morgan fingerprint density at radius 3 is 2.78 bits per heavy atom. The number of nitrogens with zero attached hydrogens (tertiary/aromatic N) is 4. The molecule has 0 aliphatic heterocycles. The standard InChI is InChI=1S/C12H19N5O/c1-7-10-11(16(2)15-7)17(12(13)14-10)8-5-3-4-6-9(8)18/h8-9,18H,3-6H2,1-2H3,(H2,13,14). The van der Waals surface area contributed by atoms with Gasteiger partial charge >= 0.3 is 0 Å². The minimum absolute atomic E-state index is 0.0264. The van der Waals surface area contributed by atoms with Crippen LogP contribution in [0.3, 0.4) is 0 Å². The van der Waals surface area contributed by atoms with E-state index in [1.807, 2.05) is 18.5 Å². The fraction of sp³-hybridized carbons (Fsp3) is 0.667. The molecule has 1 saturated carbocycles. The molecule has 2 aromatic rings. The molecule has 0 spiro atoms. The smallest absolute Gasteiger partial charge is 0.202 e. The summed E-state index contributed by atoms with van der Waals surface area (Å²) in [5.74, 6) is 0.479. The number of nitrogens with two attached hydrogens (primary N) is 1. The highest BCUT2D eigenvalue weighted by Gasteiger charge is 2.29. The minimum Gasteiger partial charge on any atom is -0.391 e. The van der Waals surface area contributed by atoms with Crippen molar-refractivity contribution in [2.45, 2.75) is 44.8 Å². The predicted octanol–water partition coefficient (Wildman–Crippen LogP) is 1.14. The van der Waals surface area contributed by atoms with Crippen LogP contribution in [-0.2, 0) is 7.05 Å². The molecule has 98 valence electrons. The Kier molecular flexibility index (Phi) is 2.55. The van der Waals surface area contributed by atoms with Gasteiger partial charge in [-0.2, -0.15) is 5.10 Å². The Morgan fingerprint density at radius 1 is 1.33 bits per heavy atom. The second-order valence-corrected chi connectivity index (χ2v) is 5.14. The maximum atomic E-state index is 10.2. The molecule has 2 heterocycles. The highest BCUT2D eigenvalue weighted by atomic mass is 16.3. The molecule has 3 rings (SSSR count). The summed E-state index contributed by atoms with van der Waals surface area (Å²) in [6.45, 7) is 1.93. The molecular weight excluding hydrogens is 230 g/mol. The second-order valence-electron chi connectivity index (χ2n) is 5.14. The van der Waals surface area contributed by atoms with Gasteiger partial charge in [0.1, 0.15) is 5.52 Å². The highest BCUT2D eigenvalue weighted by molar-refractivity contribution is 5.77. The topological polar surface area (TPSA) is 81.9 Å². The molecule has 3 N–H and O–H groups in total. The lowest BCUT2D eigenvalue weighted by atomic mass is 9.92. The Hall–Kier alpha value is -1.56. The molecule has 0 aromatic carbocycles. The number of aliphatic hydroxyl groups excluding tert-OH is 1. The third-order valence-corrected chi connectivity index (χ3v) is 3.89. The lowest BCUT2D eigenvalue weighted by Crippen LogP contribution is -2.29. The average molecular weight is 249 g/mol. The molecule has 0 bridgehead atoms. The largest absolute Gasteiger partial charge is 0.391 e. The lowest BCUT2D eigenvalue weighted by molar-refractivity contribution is 0.0778. The molecule has 18 heavy (non-hydrogen) atoms. The fourth-order valence-corrected chi connectivity index (χ4v) is 3.03. The van der Waals surface area contributed by atoms with Crippen molar-refractivity contribution in [3.8, 4) is 0 Å². The van der Waals surface area contributed by atoms with E-state index in [2.05, 4.69) is 10.1 Å². The van der Waals surface area contributed by atoms with E-state index < -0.39 is 0 Å². The van der Waals surface area contributed by atoms with Gasteiger partial charge in [0, 0.05) is 7.05 Å². The van der Waals surface area contributed by atoms with E-state index in [4.69, 9.17) is 5.73 Å². The Bertz CT molecular complexity index is 585. The van der Waals surface area contributed by atoms with Crippen LogP contribution < -0.4 is 5.73 Å². The summed E-state index contributed by atoms with van der Waals surface area (Å²) in [6.07, 6.45) is 3.65. The van der Waals surface area contributed by atoms with Crippen LogP contribution in [0.1, 0.15) is 37.4 Å². The minimum atomic E-state index is -0.339. The van der Waals surface area contributed by atoms with Crippen molar-refractivity contribution in [3.05, 3.63) is 5.69 Å². The zero-order valence-corrected chi connectivity index (χ0v) is 10.8. The van der Waals surface area contributed by atoms with Gasteiger partial charge in [-0.05, 0) is 19.8 Å². The molecule has 2 unspecified atom stereocenters. The zero-order chi connectivity index (χ0) is 12.9. The number of hydrogen-bond acceptors (Lipinski definition) is 4. The number of fused-ring (bicyclic) bond motifs is 1. The van der Waals surface area contributed by atoms with E-state index in [0.29, 0.717) is 5.95 Å². The van der Waals surface area contributed by atoms with Crippen LogP contribution in [0.25, 0.3) is 11.2 Å². The van der Waals surface area contributed by atoms with Crippen molar-refractivity contribution in [2.75, 3.05) is 5.73 Å². The van der Waals surface area contributed by atoms with Gasteiger partial charge in [-0.15, -0.1) is 0 Å². The first kappa shape index (κ1) is 11.5. The quantitative estimate of drug-likeness (QED) is 0.794. The molecule has 6 heteroatoms. The summed E-state index contributed by atoms with van der Waals surface area (Å²) in [7, 11) is 1.89. The van der Waals surface area contributed by atoms with Gasteiger partial charge in [-0.1, -0.05) is 12.8 Å². The number of aryl methyl sites for hydroxylation is 2. The SMILES string of the molecule is Cc1nn(C)c2c1nc(N)n2C1CCCCC1O. The maximum Gasteiger partial charge on any atom is 0.202 e. The maximum absolute atomic E-state index is 10.2. The Labute approximate surface area is 105 Å². The number of aromatic nitrogens is 4. The van der Waals surface area contributed by atoms with Crippen LogP contribution in [0.15, 0.2) is 0 Å². The summed E-state index contributed by atoms with van der Waals surface area (Å²) in [4.78, 5) is 4.39. The van der Waals surface area contributed by atoms with Crippen molar-refractivity contribution in [3.63, 3.8) is 0 Å². The van der Waals surface area contributed by atoms with E-state index in [0.717, 1.165) is 42.5 Å². The molecule has 1 aliphatic carbocycles. The molecule has 0 saturated heterocycles. The van der Waals surface area contributed by atoms with Crippen LogP contribution in [0, 0.1) is 6.92 Å². The number of hydrogen-bond donors (Lipinski definition) is 2. The summed E-state index contributed by atoms with van der Waals surface area (Å²) in [5, 5.41) is 14.6. The van der Waals surface area contributed by atoms with Crippen LogP contribution in [0.2, 0.25) is 0 Å². The number of nitrogen functional groups attached to an aromatic ring is 1. The van der Waals surface area contributed by atoms with Crippen molar-refractivity contribution in [2.24, 2.45) is 7.05 Å². The van der Waals surface area contributed by atoms with E-state index in [1.54, 1.807) is 4.68 Å². The molecule has 1 fully saturated rings. The number of aliphatic hydroxyl groups is 1. The van der Waals surface area contributed by atoms with Gasteiger partial charge in [-0.25, -0.2) is 4.98 Å². The fourth-order valence-electron chi connectivity index (χ4n) is 3.03. The summed E-state index contributed by atoms with van der Waals surface area (Å²) in [5.41, 5.74) is 8.66. The van der Waals surface area contributed by atoms with Gasteiger partial charge in [0.2, 0.25) is 5.95 Å². The zero-order valence-electron chi connectivity index (χ0n) is 10.8. The number of rotatable bonds is 1. The third kappa shape index (κ3) is 1.52. The third-order valence-electron chi connectivity index (χ3n) is 3.89. The highest BCUT2D eigenvalue weighted by Crippen LogP contribution is 2.34. The lowest BCUT2D eigenvalue weighted by Gasteiger charge is -2.29. The van der Waals surface area contributed by atoms with Crippen LogP contribution in [0.4, 0.5) is 5.95 Å².